The average Bonchev–Trinajstić information content (AvgIpc) is 2.52. The van der Waals surface area contributed by atoms with Crippen molar-refractivity contribution in [2.24, 2.45) is 5.73 Å². The van der Waals surface area contributed by atoms with Gasteiger partial charge in [0.1, 0.15) is 0 Å². The highest BCUT2D eigenvalue weighted by Crippen LogP contribution is 1.98. The summed E-state index contributed by atoms with van der Waals surface area (Å²) in [4.78, 5) is 10.6. The van der Waals surface area contributed by atoms with Gasteiger partial charge >= 0.3 is 6.16 Å². The molecule has 20 heavy (non-hydrogen) atoms. The summed E-state index contributed by atoms with van der Waals surface area (Å²) < 4.78 is 9.15. The van der Waals surface area contributed by atoms with E-state index >= 15 is 0 Å². The largest absolute Gasteiger partial charge is 0.509 e. The van der Waals surface area contributed by atoms with E-state index < -0.39 is 6.16 Å². The fourth-order valence-electron chi connectivity index (χ4n) is 1.21. The lowest BCUT2D eigenvalue weighted by molar-refractivity contribution is 0.0542. The van der Waals surface area contributed by atoms with Crippen LogP contribution in [0, 0.1) is 11.8 Å². The molecule has 0 aliphatic rings. The number of benzene rings is 1. The molecule has 1 aromatic carbocycles. The third-order valence-electron chi connectivity index (χ3n) is 2.29. The number of hydrogen-bond donors (Lipinski definition) is 1. The number of nitrogens with two attached hydrogens (primary N) is 1. The van der Waals surface area contributed by atoms with Crippen LogP contribution in [0.25, 0.3) is 0 Å². The molecular weight excluding hydrogens is 254 g/mol. The Morgan fingerprint density at radius 2 is 1.95 bits per heavy atom. The maximum absolute atomic E-state index is 10.6. The Labute approximate surface area is 121 Å². The van der Waals surface area contributed by atoms with Gasteiger partial charge in [0.15, 0.2) is 6.10 Å². The molecule has 0 bridgehead atoms. The van der Waals surface area contributed by atoms with Gasteiger partial charge in [-0.05, 0) is 12.0 Å². The molecule has 0 radical (unpaired) electrons. The Morgan fingerprint density at radius 1 is 1.30 bits per heavy atom. The number of hydrogen-bond acceptors (Lipinski definition) is 4. The van der Waals surface area contributed by atoms with Crippen LogP contribution in [0.1, 0.15) is 32.3 Å². The number of carbonyl (C=O) groups is 1. The fourth-order valence-corrected chi connectivity index (χ4v) is 1.21. The van der Waals surface area contributed by atoms with Crippen LogP contribution < -0.4 is 5.73 Å². The van der Waals surface area contributed by atoms with Crippen molar-refractivity contribution < 1.29 is 14.3 Å². The second-order valence-corrected chi connectivity index (χ2v) is 3.83. The van der Waals surface area contributed by atoms with Gasteiger partial charge in [0.2, 0.25) is 0 Å². The van der Waals surface area contributed by atoms with Gasteiger partial charge in [-0.3, -0.25) is 0 Å². The van der Waals surface area contributed by atoms with Crippen molar-refractivity contribution in [1.82, 2.24) is 0 Å². The minimum Gasteiger partial charge on any atom is -0.438 e. The van der Waals surface area contributed by atoms with Gasteiger partial charge in [0, 0.05) is 13.0 Å². The van der Waals surface area contributed by atoms with Crippen LogP contribution in [0.5, 0.6) is 0 Å². The Bertz CT molecular complexity index is 420. The molecule has 0 heterocycles. The van der Waals surface area contributed by atoms with E-state index in [0.717, 1.165) is 6.42 Å². The van der Waals surface area contributed by atoms with Gasteiger partial charge in [0.05, 0.1) is 7.11 Å². The van der Waals surface area contributed by atoms with Crippen molar-refractivity contribution in [2.45, 2.75) is 39.3 Å². The van der Waals surface area contributed by atoms with Gasteiger partial charge in [-0.15, -0.1) is 0 Å². The second kappa shape index (κ2) is 12.1. The number of carbonyl (C=O) groups excluding carboxylic acids is 1. The van der Waals surface area contributed by atoms with Crippen LogP contribution in [0.2, 0.25) is 0 Å². The predicted molar refractivity (Wildman–Crippen MR) is 80.0 cm³/mol. The first kappa shape index (κ1) is 18.0. The number of ether oxygens (including phenoxy) is 2. The van der Waals surface area contributed by atoms with E-state index in [-0.39, 0.29) is 6.10 Å². The van der Waals surface area contributed by atoms with Crippen LogP contribution in [0.4, 0.5) is 4.79 Å². The van der Waals surface area contributed by atoms with Gasteiger partial charge in [-0.25, -0.2) is 4.79 Å². The molecule has 2 N–H and O–H groups in total. The van der Waals surface area contributed by atoms with E-state index in [1.807, 2.05) is 44.2 Å². The highest BCUT2D eigenvalue weighted by atomic mass is 16.7. The Morgan fingerprint density at radius 3 is 2.35 bits per heavy atom. The Balaban J connectivity index is 0.000000388. The molecule has 0 saturated heterocycles. The van der Waals surface area contributed by atoms with Crippen molar-refractivity contribution in [3.8, 4) is 11.8 Å². The van der Waals surface area contributed by atoms with Crippen molar-refractivity contribution in [3.05, 3.63) is 35.9 Å². The molecular formula is C16H23NO3. The monoisotopic (exact) mass is 277 g/mol. The van der Waals surface area contributed by atoms with Gasteiger partial charge < -0.3 is 15.2 Å². The van der Waals surface area contributed by atoms with E-state index in [0.29, 0.717) is 13.0 Å². The molecule has 110 valence electrons. The lowest BCUT2D eigenvalue weighted by Crippen LogP contribution is -2.15. The molecule has 0 fully saturated rings. The summed E-state index contributed by atoms with van der Waals surface area (Å²) in [6.07, 6.45) is 0.438. The van der Waals surface area contributed by atoms with Crippen LogP contribution in [-0.4, -0.2) is 19.4 Å². The summed E-state index contributed by atoms with van der Waals surface area (Å²) >= 11 is 0. The molecule has 1 atom stereocenters. The molecule has 0 spiro atoms. The normalized spacial score (nSPS) is 10.2. The van der Waals surface area contributed by atoms with Crippen LogP contribution in [0.15, 0.2) is 30.3 Å². The fraction of sp³-hybridized carbons (Fsp3) is 0.438. The van der Waals surface area contributed by atoms with Gasteiger partial charge in [-0.1, -0.05) is 56.0 Å². The van der Waals surface area contributed by atoms with E-state index in [9.17, 15) is 4.79 Å². The second-order valence-electron chi connectivity index (χ2n) is 3.83. The zero-order valence-electron chi connectivity index (χ0n) is 12.4. The molecule has 1 aromatic rings. The summed E-state index contributed by atoms with van der Waals surface area (Å²) in [6, 6.07) is 9.99. The van der Waals surface area contributed by atoms with E-state index in [1.165, 1.54) is 12.7 Å². The van der Waals surface area contributed by atoms with Crippen LogP contribution in [-0.2, 0) is 16.0 Å². The molecule has 0 aliphatic heterocycles. The molecule has 4 heteroatoms. The van der Waals surface area contributed by atoms with Crippen molar-refractivity contribution in [1.29, 1.82) is 0 Å². The highest BCUT2D eigenvalue weighted by molar-refractivity contribution is 5.60. The third kappa shape index (κ3) is 9.01. The van der Waals surface area contributed by atoms with E-state index in [4.69, 9.17) is 10.5 Å². The SMILES string of the molecule is CCC#CC(CC)OC(=O)OC.NCc1ccccc1. The average molecular weight is 277 g/mol. The molecule has 4 nitrogen and oxygen atoms in total. The predicted octanol–water partition coefficient (Wildman–Crippen LogP) is 3.11. The van der Waals surface area contributed by atoms with Gasteiger partial charge in [-0.2, -0.15) is 0 Å². The molecule has 0 saturated carbocycles. The molecule has 1 unspecified atom stereocenters. The number of rotatable bonds is 3. The lowest BCUT2D eigenvalue weighted by Gasteiger charge is -2.07. The smallest absolute Gasteiger partial charge is 0.438 e. The molecule has 0 amide bonds. The third-order valence-corrected chi connectivity index (χ3v) is 2.29. The van der Waals surface area contributed by atoms with E-state index in [1.54, 1.807) is 0 Å². The highest BCUT2D eigenvalue weighted by Gasteiger charge is 2.08. The van der Waals surface area contributed by atoms with Crippen molar-refractivity contribution in [3.63, 3.8) is 0 Å². The summed E-state index contributed by atoms with van der Waals surface area (Å²) in [6.45, 7) is 4.48. The first-order chi connectivity index (χ1) is 9.67. The lowest BCUT2D eigenvalue weighted by atomic mass is 10.2. The van der Waals surface area contributed by atoms with Crippen molar-refractivity contribution in [2.75, 3.05) is 7.11 Å². The quantitative estimate of drug-likeness (QED) is 0.681. The Hall–Kier alpha value is -1.99. The zero-order chi connectivity index (χ0) is 15.2. The van der Waals surface area contributed by atoms with E-state index in [2.05, 4.69) is 16.6 Å². The number of methoxy groups -OCH3 is 1. The van der Waals surface area contributed by atoms with Crippen LogP contribution >= 0.6 is 0 Å². The summed E-state index contributed by atoms with van der Waals surface area (Å²) in [5.74, 6) is 5.66. The minimum atomic E-state index is -0.674. The topological polar surface area (TPSA) is 61.5 Å². The summed E-state index contributed by atoms with van der Waals surface area (Å²) in [7, 11) is 1.28. The standard InChI is InChI=1S/C9H14O3.C7H9N/c1-4-6-7-8(5-2)12-9(10)11-3;8-6-7-4-2-1-3-5-7/h8H,4-5H2,1-3H3;1-5H,6,8H2. The summed E-state index contributed by atoms with van der Waals surface area (Å²) in [5, 5.41) is 0. The maximum atomic E-state index is 10.6. The van der Waals surface area contributed by atoms with Crippen molar-refractivity contribution >= 4 is 6.16 Å². The van der Waals surface area contributed by atoms with Crippen LogP contribution in [0.3, 0.4) is 0 Å². The maximum Gasteiger partial charge on any atom is 0.509 e. The Kier molecular flexibility index (Phi) is 10.9. The molecule has 0 aromatic heterocycles. The minimum absolute atomic E-state index is 0.336. The first-order valence-electron chi connectivity index (χ1n) is 6.64. The molecule has 0 aliphatic carbocycles. The summed E-state index contributed by atoms with van der Waals surface area (Å²) in [5.41, 5.74) is 6.54. The van der Waals surface area contributed by atoms with Gasteiger partial charge in [0.25, 0.3) is 0 Å². The molecule has 1 rings (SSSR count). The zero-order valence-corrected chi connectivity index (χ0v) is 12.4. The first-order valence-corrected chi connectivity index (χ1v) is 6.64.